The summed E-state index contributed by atoms with van der Waals surface area (Å²) in [5.74, 6) is 2.55. The van der Waals surface area contributed by atoms with Gasteiger partial charge in [0, 0.05) is 0 Å². The van der Waals surface area contributed by atoms with Crippen LogP contribution >= 0.6 is 0 Å². The van der Waals surface area contributed by atoms with Crippen LogP contribution in [0.2, 0.25) is 0 Å². The molecule has 0 aliphatic heterocycles. The molecule has 1 aromatic rings. The summed E-state index contributed by atoms with van der Waals surface area (Å²) in [5.41, 5.74) is 2.80. The molecule has 0 amide bonds. The highest BCUT2D eigenvalue weighted by atomic mass is 16.5. The largest absolute Gasteiger partial charge is 0.496 e. The van der Waals surface area contributed by atoms with Crippen molar-refractivity contribution < 1.29 is 4.74 Å². The Morgan fingerprint density at radius 2 is 1.50 bits per heavy atom. The van der Waals surface area contributed by atoms with Crippen LogP contribution in [0.25, 0.3) is 0 Å². The first-order valence-electron chi connectivity index (χ1n) is 8.48. The highest BCUT2D eigenvalue weighted by Gasteiger charge is 2.22. The van der Waals surface area contributed by atoms with E-state index < -0.39 is 0 Å². The molecule has 3 rings (SSSR count). The predicted octanol–water partition coefficient (Wildman–Crippen LogP) is 5.59. The minimum atomic E-state index is 0.704. The van der Waals surface area contributed by atoms with Gasteiger partial charge in [0.25, 0.3) is 0 Å². The topological polar surface area (TPSA) is 9.23 Å². The third-order valence-corrected chi connectivity index (χ3v) is 5.28. The molecule has 2 fully saturated rings. The van der Waals surface area contributed by atoms with E-state index in [-0.39, 0.29) is 0 Å². The van der Waals surface area contributed by atoms with Crippen molar-refractivity contribution in [2.24, 2.45) is 0 Å². The summed E-state index contributed by atoms with van der Waals surface area (Å²) in [4.78, 5) is 0. The molecular weight excluding hydrogens is 244 g/mol. The summed E-state index contributed by atoms with van der Waals surface area (Å²) in [6.45, 7) is 0. The van der Waals surface area contributed by atoms with E-state index in [2.05, 4.69) is 18.2 Å². The van der Waals surface area contributed by atoms with Gasteiger partial charge in [-0.2, -0.15) is 0 Å². The van der Waals surface area contributed by atoms with Crippen LogP contribution in [0.15, 0.2) is 12.1 Å². The number of hydrogen-bond donors (Lipinski definition) is 0. The van der Waals surface area contributed by atoms with Crippen LogP contribution < -0.4 is 4.74 Å². The van der Waals surface area contributed by atoms with Crippen molar-refractivity contribution in [2.45, 2.75) is 76.0 Å². The van der Waals surface area contributed by atoms with Gasteiger partial charge in [0.15, 0.2) is 0 Å². The Bertz CT molecular complexity index is 425. The lowest BCUT2D eigenvalue weighted by atomic mass is 9.80. The molecule has 2 aliphatic carbocycles. The van der Waals surface area contributed by atoms with Crippen molar-refractivity contribution in [3.05, 3.63) is 29.3 Å². The molecule has 0 spiro atoms. The van der Waals surface area contributed by atoms with Crippen LogP contribution in [0.4, 0.5) is 0 Å². The highest BCUT2D eigenvalue weighted by Crippen LogP contribution is 2.40. The molecule has 1 aromatic carbocycles. The van der Waals surface area contributed by atoms with E-state index in [1.807, 2.05) is 7.11 Å². The molecule has 1 radical (unpaired) electrons. The smallest absolute Gasteiger partial charge is 0.122 e. The number of hydrogen-bond acceptors (Lipinski definition) is 1. The summed E-state index contributed by atoms with van der Waals surface area (Å²) in [7, 11) is 1.83. The average Bonchev–Trinajstić information content (AvgIpc) is 2.56. The first-order valence-corrected chi connectivity index (χ1v) is 8.48. The van der Waals surface area contributed by atoms with E-state index in [0.29, 0.717) is 5.92 Å². The molecule has 0 aromatic heterocycles. The van der Waals surface area contributed by atoms with Crippen LogP contribution in [0.1, 0.15) is 87.2 Å². The molecule has 20 heavy (non-hydrogen) atoms. The first-order chi connectivity index (χ1) is 9.88. The second kappa shape index (κ2) is 6.65. The molecule has 0 unspecified atom stereocenters. The Hall–Kier alpha value is -0.980. The zero-order valence-electron chi connectivity index (χ0n) is 12.8. The van der Waals surface area contributed by atoms with Gasteiger partial charge in [-0.15, -0.1) is 0 Å². The fourth-order valence-corrected chi connectivity index (χ4v) is 4.06. The monoisotopic (exact) mass is 271 g/mol. The normalized spacial score (nSPS) is 21.9. The second-order valence-corrected chi connectivity index (χ2v) is 6.58. The van der Waals surface area contributed by atoms with Crippen molar-refractivity contribution in [3.63, 3.8) is 0 Å². The van der Waals surface area contributed by atoms with Gasteiger partial charge >= 0.3 is 0 Å². The molecule has 1 nitrogen and oxygen atoms in total. The fourth-order valence-electron chi connectivity index (χ4n) is 4.06. The maximum Gasteiger partial charge on any atom is 0.122 e. The minimum Gasteiger partial charge on any atom is -0.496 e. The molecule has 0 bridgehead atoms. The van der Waals surface area contributed by atoms with Gasteiger partial charge in [0.2, 0.25) is 0 Å². The molecule has 109 valence electrons. The summed E-state index contributed by atoms with van der Waals surface area (Å²) in [6, 6.07) is 8.14. The highest BCUT2D eigenvalue weighted by molar-refractivity contribution is 5.40. The van der Waals surface area contributed by atoms with Crippen LogP contribution in [-0.4, -0.2) is 7.11 Å². The molecule has 0 saturated heterocycles. The number of benzene rings is 1. The third-order valence-electron chi connectivity index (χ3n) is 5.28. The molecule has 0 atom stereocenters. The maximum absolute atomic E-state index is 5.71. The lowest BCUT2D eigenvalue weighted by molar-refractivity contribution is 0.384. The summed E-state index contributed by atoms with van der Waals surface area (Å²) in [6.07, 6.45) is 13.6. The molecule has 2 saturated carbocycles. The Morgan fingerprint density at radius 1 is 0.900 bits per heavy atom. The van der Waals surface area contributed by atoms with E-state index in [4.69, 9.17) is 4.74 Å². The van der Waals surface area contributed by atoms with Crippen molar-refractivity contribution in [1.82, 2.24) is 0 Å². The van der Waals surface area contributed by atoms with Crippen molar-refractivity contribution in [2.75, 3.05) is 7.11 Å². The van der Waals surface area contributed by atoms with Crippen molar-refractivity contribution in [1.29, 1.82) is 0 Å². The van der Waals surface area contributed by atoms with Crippen LogP contribution in [0.5, 0.6) is 5.75 Å². The zero-order chi connectivity index (χ0) is 13.8. The Kier molecular flexibility index (Phi) is 4.65. The van der Waals surface area contributed by atoms with Gasteiger partial charge < -0.3 is 4.74 Å². The Balaban J connectivity index is 1.81. The predicted molar refractivity (Wildman–Crippen MR) is 83.5 cm³/mol. The lowest BCUT2D eigenvalue weighted by Gasteiger charge is -2.26. The van der Waals surface area contributed by atoms with E-state index in [9.17, 15) is 0 Å². The van der Waals surface area contributed by atoms with Crippen LogP contribution in [0, 0.1) is 6.07 Å². The van der Waals surface area contributed by atoms with E-state index in [1.54, 1.807) is 0 Å². The lowest BCUT2D eigenvalue weighted by Crippen LogP contribution is -2.09. The van der Waals surface area contributed by atoms with E-state index in [0.717, 1.165) is 11.7 Å². The van der Waals surface area contributed by atoms with Crippen LogP contribution in [0.3, 0.4) is 0 Å². The van der Waals surface area contributed by atoms with Gasteiger partial charge in [0.05, 0.1) is 7.11 Å². The molecule has 1 heteroatoms. The minimum absolute atomic E-state index is 0.704. The molecular formula is C19H27O. The van der Waals surface area contributed by atoms with Gasteiger partial charge in [-0.25, -0.2) is 0 Å². The molecule has 0 heterocycles. The summed E-state index contributed by atoms with van der Waals surface area (Å²) < 4.78 is 5.71. The Labute approximate surface area is 123 Å². The van der Waals surface area contributed by atoms with Gasteiger partial charge in [-0.3, -0.25) is 0 Å². The SMILES string of the molecule is COc1cc(C2CCCCC2)[c]cc1C1CCCCC1. The van der Waals surface area contributed by atoms with Crippen molar-refractivity contribution >= 4 is 0 Å². The van der Waals surface area contributed by atoms with Gasteiger partial charge in [-0.1, -0.05) is 38.5 Å². The number of ether oxygens (including phenoxy) is 1. The van der Waals surface area contributed by atoms with E-state index in [1.165, 1.54) is 75.3 Å². The van der Waals surface area contributed by atoms with Gasteiger partial charge in [-0.05, 0) is 66.8 Å². The standard InChI is InChI=1S/C19H27O/c1-20-19-14-17(15-8-4-2-5-9-15)12-13-18(19)16-10-6-3-7-11-16/h13-16H,2-11H2,1H3. The first kappa shape index (κ1) is 14.0. The molecule has 2 aliphatic rings. The maximum atomic E-state index is 5.71. The van der Waals surface area contributed by atoms with Gasteiger partial charge in [0.1, 0.15) is 5.75 Å². The Morgan fingerprint density at radius 3 is 2.10 bits per heavy atom. The van der Waals surface area contributed by atoms with Crippen LogP contribution in [-0.2, 0) is 0 Å². The molecule has 0 N–H and O–H groups in total. The third kappa shape index (κ3) is 3.02. The van der Waals surface area contributed by atoms with E-state index >= 15 is 0 Å². The quantitative estimate of drug-likeness (QED) is 0.696. The number of methoxy groups -OCH3 is 1. The summed E-state index contributed by atoms with van der Waals surface area (Å²) >= 11 is 0. The second-order valence-electron chi connectivity index (χ2n) is 6.58. The average molecular weight is 271 g/mol. The zero-order valence-corrected chi connectivity index (χ0v) is 12.8. The number of rotatable bonds is 3. The fraction of sp³-hybridized carbons (Fsp3) is 0.684. The summed E-state index contributed by atoms with van der Waals surface area (Å²) in [5, 5.41) is 0. The van der Waals surface area contributed by atoms with Crippen molar-refractivity contribution in [3.8, 4) is 5.75 Å².